The number of alkyl halides is 2. The minimum absolute atomic E-state index is 0.0254. The molecule has 0 spiro atoms. The third kappa shape index (κ3) is 6.70. The van der Waals surface area contributed by atoms with Gasteiger partial charge in [-0.15, -0.1) is 0 Å². The topological polar surface area (TPSA) is 111 Å². The number of carbonyl (C=O) groups is 1. The molecule has 0 saturated heterocycles. The third-order valence-electron chi connectivity index (χ3n) is 7.77. The highest BCUT2D eigenvalue weighted by molar-refractivity contribution is 5.79. The highest BCUT2D eigenvalue weighted by atomic mass is 19.3. The molecule has 2 aliphatic rings. The minimum Gasteiger partial charge on any atom is -0.392 e. The van der Waals surface area contributed by atoms with E-state index in [4.69, 9.17) is 0 Å². The summed E-state index contributed by atoms with van der Waals surface area (Å²) in [6.45, 7) is 4.68. The molecular formula is C28H38F3N5O3. The van der Waals surface area contributed by atoms with Gasteiger partial charge in [-0.2, -0.15) is 0 Å². The van der Waals surface area contributed by atoms with E-state index in [0.717, 1.165) is 25.5 Å². The number of aryl methyl sites for hydroxylation is 1. The first-order valence-corrected chi connectivity index (χ1v) is 13.4. The number of hydrogen-bond donors (Lipinski definition) is 4. The molecule has 8 nitrogen and oxygen atoms in total. The summed E-state index contributed by atoms with van der Waals surface area (Å²) >= 11 is 0. The number of carbonyl (C=O) groups excluding carboxylic acids is 1. The Morgan fingerprint density at radius 2 is 1.79 bits per heavy atom. The van der Waals surface area contributed by atoms with Crippen LogP contribution >= 0.6 is 0 Å². The molecule has 1 aromatic carbocycles. The monoisotopic (exact) mass is 549 g/mol. The Morgan fingerprint density at radius 1 is 1.15 bits per heavy atom. The number of halogens is 3. The number of benzene rings is 1. The van der Waals surface area contributed by atoms with Gasteiger partial charge < -0.3 is 25.7 Å². The molecule has 1 amide bonds. The number of amides is 1. The minimum atomic E-state index is -2.96. The van der Waals surface area contributed by atoms with Crippen LogP contribution in [0.4, 0.5) is 19.0 Å². The van der Waals surface area contributed by atoms with E-state index in [1.165, 1.54) is 12.1 Å². The summed E-state index contributed by atoms with van der Waals surface area (Å²) in [4.78, 5) is 24.2. The highest BCUT2D eigenvalue weighted by Gasteiger charge is 2.43. The van der Waals surface area contributed by atoms with E-state index in [-0.39, 0.29) is 29.1 Å². The molecule has 4 N–H and O–H groups in total. The second-order valence-electron chi connectivity index (χ2n) is 11.3. The van der Waals surface area contributed by atoms with Crippen LogP contribution in [0.2, 0.25) is 0 Å². The predicted molar refractivity (Wildman–Crippen MR) is 141 cm³/mol. The van der Waals surface area contributed by atoms with Crippen molar-refractivity contribution >= 4 is 11.7 Å². The second-order valence-corrected chi connectivity index (χ2v) is 11.3. The van der Waals surface area contributed by atoms with E-state index >= 15 is 0 Å². The Labute approximate surface area is 227 Å². The average Bonchev–Trinajstić information content (AvgIpc) is 3.53. The van der Waals surface area contributed by atoms with E-state index in [1.807, 2.05) is 14.1 Å². The zero-order valence-corrected chi connectivity index (χ0v) is 22.8. The zero-order chi connectivity index (χ0) is 28.5. The van der Waals surface area contributed by atoms with Gasteiger partial charge in [0.05, 0.1) is 35.9 Å². The van der Waals surface area contributed by atoms with Crippen LogP contribution in [0.1, 0.15) is 79.2 Å². The van der Waals surface area contributed by atoms with Gasteiger partial charge in [0, 0.05) is 35.5 Å². The first-order valence-electron chi connectivity index (χ1n) is 13.4. The normalized spacial score (nSPS) is 21.4. The lowest BCUT2D eigenvalue weighted by Gasteiger charge is -2.27. The molecule has 0 aliphatic heterocycles. The Hall–Kier alpha value is -2.76. The van der Waals surface area contributed by atoms with Gasteiger partial charge in [0.15, 0.2) is 0 Å². The lowest BCUT2D eigenvalue weighted by Crippen LogP contribution is -2.36. The summed E-state index contributed by atoms with van der Waals surface area (Å²) in [5.41, 5.74) is 0.152. The summed E-state index contributed by atoms with van der Waals surface area (Å²) in [6, 6.07) is 3.05. The fourth-order valence-electron chi connectivity index (χ4n) is 5.67. The van der Waals surface area contributed by atoms with Crippen molar-refractivity contribution in [3.05, 3.63) is 52.2 Å². The van der Waals surface area contributed by atoms with Gasteiger partial charge in [0.2, 0.25) is 5.91 Å². The molecule has 2 fully saturated rings. The number of rotatable bonds is 11. The summed E-state index contributed by atoms with van der Waals surface area (Å²) in [6.07, 6.45) is -2.04. The maximum atomic E-state index is 14.9. The Morgan fingerprint density at radius 3 is 2.38 bits per heavy atom. The maximum Gasteiger partial charge on any atom is 0.266 e. The molecule has 3 atom stereocenters. The Kier molecular flexibility index (Phi) is 8.82. The molecule has 0 bridgehead atoms. The third-order valence-corrected chi connectivity index (χ3v) is 7.77. The number of aliphatic hydroxyl groups is 2. The maximum absolute atomic E-state index is 14.9. The van der Waals surface area contributed by atoms with Crippen LogP contribution < -0.4 is 10.6 Å². The standard InChI is InChI=1S/C28H38F3N5O3/c1-15(17-6-5-7-18(25(17)29)26(30)31)33-27-23(24-20(37)8-9-21(24)38)19(34-16(2)35-27)12-22(39)32-13-28(10-11-28)14-36(3)4/h5-7,15,20-21,24,26,37-38H,8-14H2,1-4H3,(H,32,39)(H,33,34,35)/t15-,20-,21-/m1/s1. The lowest BCUT2D eigenvalue weighted by molar-refractivity contribution is -0.120. The van der Waals surface area contributed by atoms with E-state index in [2.05, 4.69) is 25.5 Å². The van der Waals surface area contributed by atoms with Crippen molar-refractivity contribution in [2.75, 3.05) is 32.5 Å². The number of aromatic nitrogens is 2. The van der Waals surface area contributed by atoms with Crippen molar-refractivity contribution in [3.63, 3.8) is 0 Å². The first kappa shape index (κ1) is 29.2. The zero-order valence-electron chi connectivity index (χ0n) is 22.8. The Bertz CT molecular complexity index is 1180. The molecule has 2 saturated carbocycles. The van der Waals surface area contributed by atoms with Crippen LogP contribution in [-0.4, -0.2) is 70.4 Å². The van der Waals surface area contributed by atoms with Crippen molar-refractivity contribution in [2.45, 2.75) is 76.5 Å². The van der Waals surface area contributed by atoms with Crippen molar-refractivity contribution in [1.29, 1.82) is 0 Å². The van der Waals surface area contributed by atoms with Gasteiger partial charge in [-0.25, -0.2) is 23.1 Å². The number of aliphatic hydroxyl groups excluding tert-OH is 2. The Balaban J connectivity index is 1.64. The van der Waals surface area contributed by atoms with E-state index in [0.29, 0.717) is 36.5 Å². The SMILES string of the molecule is Cc1nc(CC(=O)NCC2(CN(C)C)CC2)c(C2[C@H](O)CC[C@H]2O)c(N[C@H](C)c2cccc(C(F)F)c2F)n1. The van der Waals surface area contributed by atoms with Gasteiger partial charge in [-0.1, -0.05) is 18.2 Å². The summed E-state index contributed by atoms with van der Waals surface area (Å²) < 4.78 is 41.5. The van der Waals surface area contributed by atoms with Crippen molar-refractivity contribution in [1.82, 2.24) is 20.2 Å². The highest BCUT2D eigenvalue weighted by Crippen LogP contribution is 2.45. The summed E-state index contributed by atoms with van der Waals surface area (Å²) in [7, 11) is 4.00. The molecule has 0 radical (unpaired) electrons. The number of nitrogens with one attached hydrogen (secondary N) is 2. The average molecular weight is 550 g/mol. The van der Waals surface area contributed by atoms with Gasteiger partial charge in [-0.05, 0) is 53.6 Å². The van der Waals surface area contributed by atoms with Crippen LogP contribution in [0, 0.1) is 18.2 Å². The molecule has 1 aromatic heterocycles. The molecule has 11 heteroatoms. The molecule has 0 unspecified atom stereocenters. The van der Waals surface area contributed by atoms with Crippen molar-refractivity contribution in [3.8, 4) is 0 Å². The van der Waals surface area contributed by atoms with Crippen molar-refractivity contribution in [2.24, 2.45) is 5.41 Å². The molecule has 4 rings (SSSR count). The van der Waals surface area contributed by atoms with Crippen LogP contribution in [0.15, 0.2) is 18.2 Å². The fraction of sp³-hybridized carbons (Fsp3) is 0.607. The number of hydrogen-bond acceptors (Lipinski definition) is 7. The first-order chi connectivity index (χ1) is 18.4. The molecule has 39 heavy (non-hydrogen) atoms. The van der Waals surface area contributed by atoms with E-state index < -0.39 is 42.0 Å². The quantitative estimate of drug-likeness (QED) is 0.339. The molecule has 214 valence electrons. The molecule has 2 aromatic rings. The number of nitrogens with zero attached hydrogens (tertiary/aromatic N) is 3. The summed E-state index contributed by atoms with van der Waals surface area (Å²) in [5, 5.41) is 27.7. The largest absolute Gasteiger partial charge is 0.392 e. The second kappa shape index (κ2) is 11.8. The molecular weight excluding hydrogens is 511 g/mol. The van der Waals surface area contributed by atoms with Gasteiger partial charge in [0.1, 0.15) is 17.5 Å². The predicted octanol–water partition coefficient (Wildman–Crippen LogP) is 3.63. The lowest BCUT2D eigenvalue weighted by atomic mass is 9.90. The van der Waals surface area contributed by atoms with Crippen LogP contribution in [0.5, 0.6) is 0 Å². The van der Waals surface area contributed by atoms with Gasteiger partial charge in [-0.3, -0.25) is 4.79 Å². The summed E-state index contributed by atoms with van der Waals surface area (Å²) in [5.74, 6) is -1.44. The molecule has 1 heterocycles. The smallest absolute Gasteiger partial charge is 0.266 e. The van der Waals surface area contributed by atoms with Crippen LogP contribution in [0.3, 0.4) is 0 Å². The van der Waals surface area contributed by atoms with Crippen LogP contribution in [0.25, 0.3) is 0 Å². The number of anilines is 1. The van der Waals surface area contributed by atoms with Gasteiger partial charge in [0.25, 0.3) is 6.43 Å². The van der Waals surface area contributed by atoms with Crippen molar-refractivity contribution < 1.29 is 28.2 Å². The van der Waals surface area contributed by atoms with Crippen LogP contribution in [-0.2, 0) is 11.2 Å². The van der Waals surface area contributed by atoms with E-state index in [1.54, 1.807) is 13.8 Å². The van der Waals surface area contributed by atoms with Gasteiger partial charge >= 0.3 is 0 Å². The molecule has 2 aliphatic carbocycles. The fourth-order valence-corrected chi connectivity index (χ4v) is 5.67. The van der Waals surface area contributed by atoms with E-state index in [9.17, 15) is 28.2 Å².